The largest absolute Gasteiger partial charge is 0.495 e. The summed E-state index contributed by atoms with van der Waals surface area (Å²) in [7, 11) is -2.13. The summed E-state index contributed by atoms with van der Waals surface area (Å²) in [5, 5.41) is 0. The molecule has 0 saturated carbocycles. The molecule has 1 aliphatic heterocycles. The van der Waals surface area contributed by atoms with Gasteiger partial charge in [-0.15, -0.1) is 0 Å². The SMILES string of the molecule is COc1ccccc1N1CCN(C(=O)[C@@H](C)NS(=O)(=O)c2ccc(Br)cc2)CC1. The van der Waals surface area contributed by atoms with Gasteiger partial charge in [0.2, 0.25) is 15.9 Å². The Morgan fingerprint density at radius 3 is 2.31 bits per heavy atom. The predicted octanol–water partition coefficient (Wildman–Crippen LogP) is 2.47. The molecule has 1 saturated heterocycles. The van der Waals surface area contributed by atoms with Crippen LogP contribution < -0.4 is 14.4 Å². The molecular formula is C20H24BrN3O4S. The van der Waals surface area contributed by atoms with Gasteiger partial charge in [-0.25, -0.2) is 8.42 Å². The van der Waals surface area contributed by atoms with E-state index in [1.54, 1.807) is 31.1 Å². The minimum absolute atomic E-state index is 0.126. The zero-order chi connectivity index (χ0) is 21.0. The fourth-order valence-corrected chi connectivity index (χ4v) is 4.76. The van der Waals surface area contributed by atoms with Gasteiger partial charge in [0.05, 0.1) is 23.7 Å². The van der Waals surface area contributed by atoms with Crippen molar-refractivity contribution in [3.63, 3.8) is 0 Å². The average Bonchev–Trinajstić information content (AvgIpc) is 2.73. The number of ether oxygens (including phenoxy) is 1. The van der Waals surface area contributed by atoms with Gasteiger partial charge >= 0.3 is 0 Å². The van der Waals surface area contributed by atoms with Crippen LogP contribution >= 0.6 is 15.9 Å². The number of benzene rings is 2. The molecule has 0 unspecified atom stereocenters. The normalized spacial score (nSPS) is 15.8. The molecule has 3 rings (SSSR count). The van der Waals surface area contributed by atoms with Crippen LogP contribution in [-0.4, -0.2) is 58.6 Å². The number of piperazine rings is 1. The van der Waals surface area contributed by atoms with Crippen LogP contribution in [0.25, 0.3) is 0 Å². The summed E-state index contributed by atoms with van der Waals surface area (Å²) in [6.45, 7) is 3.91. The second-order valence-corrected chi connectivity index (χ2v) is 9.41. The first-order chi connectivity index (χ1) is 13.8. The number of carbonyl (C=O) groups excluding carboxylic acids is 1. The number of hydrogen-bond acceptors (Lipinski definition) is 5. The third kappa shape index (κ3) is 5.09. The van der Waals surface area contributed by atoms with E-state index < -0.39 is 16.1 Å². The Labute approximate surface area is 179 Å². The molecule has 1 fully saturated rings. The summed E-state index contributed by atoms with van der Waals surface area (Å²) in [6.07, 6.45) is 0. The highest BCUT2D eigenvalue weighted by Gasteiger charge is 2.28. The van der Waals surface area contributed by atoms with Crippen molar-refractivity contribution in [1.29, 1.82) is 0 Å². The van der Waals surface area contributed by atoms with Crippen molar-refractivity contribution in [1.82, 2.24) is 9.62 Å². The second-order valence-electron chi connectivity index (χ2n) is 6.78. The molecule has 1 aliphatic rings. The maximum atomic E-state index is 12.8. The molecule has 156 valence electrons. The molecule has 0 aliphatic carbocycles. The van der Waals surface area contributed by atoms with E-state index in [0.717, 1.165) is 15.9 Å². The number of halogens is 1. The van der Waals surface area contributed by atoms with Crippen molar-refractivity contribution in [3.05, 3.63) is 53.0 Å². The van der Waals surface area contributed by atoms with Crippen molar-refractivity contribution >= 4 is 37.5 Å². The van der Waals surface area contributed by atoms with Crippen molar-refractivity contribution in [3.8, 4) is 5.75 Å². The maximum Gasteiger partial charge on any atom is 0.241 e. The van der Waals surface area contributed by atoms with Gasteiger partial charge in [0, 0.05) is 30.7 Å². The number of sulfonamides is 1. The lowest BCUT2D eigenvalue weighted by atomic mass is 10.2. The highest BCUT2D eigenvalue weighted by atomic mass is 79.9. The first-order valence-electron chi connectivity index (χ1n) is 9.26. The van der Waals surface area contributed by atoms with Crippen LogP contribution in [0.2, 0.25) is 0 Å². The summed E-state index contributed by atoms with van der Waals surface area (Å²) >= 11 is 3.28. The summed E-state index contributed by atoms with van der Waals surface area (Å²) in [4.78, 5) is 16.8. The molecular weight excluding hydrogens is 458 g/mol. The second kappa shape index (κ2) is 9.15. The van der Waals surface area contributed by atoms with Crippen LogP contribution in [0.15, 0.2) is 57.9 Å². The average molecular weight is 482 g/mol. The highest BCUT2D eigenvalue weighted by molar-refractivity contribution is 9.10. The fourth-order valence-electron chi connectivity index (χ4n) is 3.30. The van der Waals surface area contributed by atoms with Crippen molar-refractivity contribution in [2.75, 3.05) is 38.2 Å². The molecule has 29 heavy (non-hydrogen) atoms. The van der Waals surface area contributed by atoms with Gasteiger partial charge in [0.15, 0.2) is 0 Å². The van der Waals surface area contributed by atoms with E-state index in [1.165, 1.54) is 12.1 Å². The van der Waals surface area contributed by atoms with E-state index in [0.29, 0.717) is 26.2 Å². The van der Waals surface area contributed by atoms with E-state index in [-0.39, 0.29) is 10.8 Å². The van der Waals surface area contributed by atoms with Gasteiger partial charge in [-0.2, -0.15) is 4.72 Å². The van der Waals surface area contributed by atoms with Gasteiger partial charge < -0.3 is 14.5 Å². The Balaban J connectivity index is 1.60. The molecule has 0 spiro atoms. The topological polar surface area (TPSA) is 79.0 Å². The molecule has 0 aromatic heterocycles. The summed E-state index contributed by atoms with van der Waals surface area (Å²) in [5.74, 6) is 0.563. The lowest BCUT2D eigenvalue weighted by molar-refractivity contribution is -0.132. The molecule has 1 amide bonds. The third-order valence-electron chi connectivity index (χ3n) is 4.84. The minimum atomic E-state index is -3.77. The van der Waals surface area contributed by atoms with Crippen LogP contribution in [0, 0.1) is 0 Å². The fraction of sp³-hybridized carbons (Fsp3) is 0.350. The Hall–Kier alpha value is -2.10. The van der Waals surface area contributed by atoms with E-state index in [9.17, 15) is 13.2 Å². The number of nitrogens with zero attached hydrogens (tertiary/aromatic N) is 2. The van der Waals surface area contributed by atoms with Gasteiger partial charge in [-0.05, 0) is 43.3 Å². The highest BCUT2D eigenvalue weighted by Crippen LogP contribution is 2.28. The van der Waals surface area contributed by atoms with Gasteiger partial charge in [0.1, 0.15) is 5.75 Å². The molecule has 1 atom stereocenters. The summed E-state index contributed by atoms with van der Waals surface area (Å²) in [5.41, 5.74) is 0.992. The Bertz CT molecular complexity index is 958. The molecule has 7 nitrogen and oxygen atoms in total. The lowest BCUT2D eigenvalue weighted by Crippen LogP contribution is -2.54. The monoisotopic (exact) mass is 481 g/mol. The Morgan fingerprint density at radius 2 is 1.69 bits per heavy atom. The minimum Gasteiger partial charge on any atom is -0.495 e. The van der Waals surface area contributed by atoms with E-state index in [1.807, 2.05) is 24.3 Å². The number of para-hydroxylation sites is 2. The Kier molecular flexibility index (Phi) is 6.81. The van der Waals surface area contributed by atoms with E-state index >= 15 is 0 Å². The number of rotatable bonds is 6. The first-order valence-corrected chi connectivity index (χ1v) is 11.5. The standard InChI is InChI=1S/C20H24BrN3O4S/c1-15(22-29(26,27)17-9-7-16(21)8-10-17)20(25)24-13-11-23(12-14-24)18-5-3-4-6-19(18)28-2/h3-10,15,22H,11-14H2,1-2H3/t15-/m1/s1. The van der Waals surface area contributed by atoms with Crippen LogP contribution in [0.5, 0.6) is 5.75 Å². The zero-order valence-electron chi connectivity index (χ0n) is 16.3. The van der Waals surface area contributed by atoms with Crippen LogP contribution in [-0.2, 0) is 14.8 Å². The van der Waals surface area contributed by atoms with Crippen LogP contribution in [0.1, 0.15) is 6.92 Å². The number of carbonyl (C=O) groups is 1. The number of nitrogens with one attached hydrogen (secondary N) is 1. The third-order valence-corrected chi connectivity index (χ3v) is 6.93. The molecule has 0 radical (unpaired) electrons. The van der Waals surface area contributed by atoms with Gasteiger partial charge in [-0.3, -0.25) is 4.79 Å². The number of anilines is 1. The number of amides is 1. The quantitative estimate of drug-likeness (QED) is 0.685. The lowest BCUT2D eigenvalue weighted by Gasteiger charge is -2.37. The molecule has 2 aromatic carbocycles. The number of hydrogen-bond donors (Lipinski definition) is 1. The van der Waals surface area contributed by atoms with Crippen LogP contribution in [0.4, 0.5) is 5.69 Å². The molecule has 9 heteroatoms. The maximum absolute atomic E-state index is 12.8. The smallest absolute Gasteiger partial charge is 0.241 e. The first kappa shape index (κ1) is 21.6. The summed E-state index contributed by atoms with van der Waals surface area (Å²) in [6, 6.07) is 13.2. The summed E-state index contributed by atoms with van der Waals surface area (Å²) < 4.78 is 33.7. The molecule has 1 N–H and O–H groups in total. The van der Waals surface area contributed by atoms with Crippen molar-refractivity contribution in [2.24, 2.45) is 0 Å². The van der Waals surface area contributed by atoms with Crippen LogP contribution in [0.3, 0.4) is 0 Å². The van der Waals surface area contributed by atoms with Gasteiger partial charge in [0.25, 0.3) is 0 Å². The molecule has 1 heterocycles. The zero-order valence-corrected chi connectivity index (χ0v) is 18.7. The van der Waals surface area contributed by atoms with Crippen molar-refractivity contribution < 1.29 is 17.9 Å². The van der Waals surface area contributed by atoms with E-state index in [4.69, 9.17) is 4.74 Å². The Morgan fingerprint density at radius 1 is 1.07 bits per heavy atom. The van der Waals surface area contributed by atoms with Gasteiger partial charge in [-0.1, -0.05) is 28.1 Å². The van der Waals surface area contributed by atoms with E-state index in [2.05, 4.69) is 25.6 Å². The number of methoxy groups -OCH3 is 1. The van der Waals surface area contributed by atoms with Crippen molar-refractivity contribution in [2.45, 2.75) is 17.9 Å². The molecule has 2 aromatic rings. The predicted molar refractivity (Wildman–Crippen MR) is 116 cm³/mol. The molecule has 0 bridgehead atoms.